The smallest absolute Gasteiger partial charge is 0.345 e. The van der Waals surface area contributed by atoms with Crippen LogP contribution in [-0.4, -0.2) is 46.6 Å². The molecule has 6 nitrogen and oxygen atoms in total. The Bertz CT molecular complexity index is 776. The molecule has 1 amide bonds. The number of ether oxygens (including phenoxy) is 1. The highest BCUT2D eigenvalue weighted by atomic mass is 32.1. The highest BCUT2D eigenvalue weighted by molar-refractivity contribution is 7.14. The number of rotatable bonds is 2. The summed E-state index contributed by atoms with van der Waals surface area (Å²) < 4.78 is 6.11. The maximum Gasteiger partial charge on any atom is 0.345 e. The first kappa shape index (κ1) is 15.7. The van der Waals surface area contributed by atoms with Crippen molar-refractivity contribution in [1.82, 2.24) is 9.88 Å². The van der Waals surface area contributed by atoms with Gasteiger partial charge in [0.1, 0.15) is 10.6 Å². The topological polar surface area (TPSA) is 79.7 Å². The van der Waals surface area contributed by atoms with Gasteiger partial charge in [-0.15, -0.1) is 22.7 Å². The molecule has 4 rings (SSSR count). The highest BCUT2D eigenvalue weighted by Gasteiger charge is 2.43. The normalized spacial score (nSPS) is 19.2. The molecule has 0 radical (unpaired) electrons. The van der Waals surface area contributed by atoms with Gasteiger partial charge in [0, 0.05) is 29.8 Å². The van der Waals surface area contributed by atoms with Crippen molar-refractivity contribution >= 4 is 34.6 Å². The number of aromatic nitrogens is 1. The van der Waals surface area contributed by atoms with Crippen molar-refractivity contribution in [3.8, 4) is 0 Å². The van der Waals surface area contributed by atoms with Crippen molar-refractivity contribution in [2.75, 3.05) is 19.7 Å². The van der Waals surface area contributed by atoms with E-state index in [9.17, 15) is 14.7 Å². The van der Waals surface area contributed by atoms with Gasteiger partial charge >= 0.3 is 5.97 Å². The number of carbonyl (C=O) groups excluding carboxylic acids is 1. The van der Waals surface area contributed by atoms with Crippen molar-refractivity contribution in [2.24, 2.45) is 0 Å². The Balaban J connectivity index is 1.55. The summed E-state index contributed by atoms with van der Waals surface area (Å²) in [6.45, 7) is 1.79. The minimum Gasteiger partial charge on any atom is -0.477 e. The van der Waals surface area contributed by atoms with Crippen LogP contribution in [0.3, 0.4) is 0 Å². The van der Waals surface area contributed by atoms with Gasteiger partial charge in [-0.3, -0.25) is 4.79 Å². The van der Waals surface area contributed by atoms with E-state index in [1.54, 1.807) is 17.0 Å². The van der Waals surface area contributed by atoms with Crippen LogP contribution in [0.1, 0.15) is 43.4 Å². The molecule has 0 aliphatic carbocycles. The van der Waals surface area contributed by atoms with E-state index in [4.69, 9.17) is 4.74 Å². The lowest BCUT2D eigenvalue weighted by Crippen LogP contribution is -2.48. The maximum atomic E-state index is 12.4. The molecule has 4 heterocycles. The Hall–Kier alpha value is -1.77. The number of likely N-dealkylation sites (tertiary alicyclic amines) is 1. The largest absolute Gasteiger partial charge is 0.477 e. The Kier molecular flexibility index (Phi) is 3.90. The second kappa shape index (κ2) is 5.94. The first-order valence-electron chi connectivity index (χ1n) is 7.77. The van der Waals surface area contributed by atoms with Gasteiger partial charge in [0.25, 0.3) is 5.91 Å². The van der Waals surface area contributed by atoms with Crippen LogP contribution in [0.2, 0.25) is 0 Å². The minimum atomic E-state index is -0.888. The third-order valence-corrected chi connectivity index (χ3v) is 6.50. The molecule has 2 aromatic heterocycles. The van der Waals surface area contributed by atoms with Gasteiger partial charge in [0.05, 0.1) is 17.7 Å². The Morgan fingerprint density at radius 1 is 1.33 bits per heavy atom. The molecule has 1 spiro atoms. The fourth-order valence-electron chi connectivity index (χ4n) is 3.49. The van der Waals surface area contributed by atoms with E-state index in [1.165, 1.54) is 22.7 Å². The average Bonchev–Trinajstić information content (AvgIpc) is 3.25. The predicted octanol–water partition coefficient (Wildman–Crippen LogP) is 2.61. The summed E-state index contributed by atoms with van der Waals surface area (Å²) in [5, 5.41) is 11.0. The van der Waals surface area contributed by atoms with E-state index in [0.717, 1.165) is 16.9 Å². The summed E-state index contributed by atoms with van der Waals surface area (Å²) in [5.74, 6) is -0.931. The van der Waals surface area contributed by atoms with E-state index in [2.05, 4.69) is 4.98 Å². The van der Waals surface area contributed by atoms with Crippen molar-refractivity contribution in [1.29, 1.82) is 0 Å². The molecule has 24 heavy (non-hydrogen) atoms. The Morgan fingerprint density at radius 3 is 2.79 bits per heavy atom. The summed E-state index contributed by atoms with van der Waals surface area (Å²) in [6, 6.07) is 1.76. The van der Waals surface area contributed by atoms with Gasteiger partial charge in [-0.05, 0) is 24.5 Å². The number of piperidine rings is 1. The number of carboxylic acids is 1. The van der Waals surface area contributed by atoms with E-state index in [1.807, 2.05) is 4.90 Å². The van der Waals surface area contributed by atoms with Gasteiger partial charge < -0.3 is 14.7 Å². The fraction of sp³-hybridized carbons (Fsp3) is 0.438. The molecule has 2 aliphatic rings. The van der Waals surface area contributed by atoms with E-state index in [0.29, 0.717) is 43.1 Å². The van der Waals surface area contributed by atoms with Crippen LogP contribution in [0.4, 0.5) is 0 Å². The van der Waals surface area contributed by atoms with E-state index >= 15 is 0 Å². The molecule has 0 aromatic carbocycles. The molecule has 126 valence electrons. The zero-order valence-electron chi connectivity index (χ0n) is 12.9. The number of carboxylic acid groups (broad SMARTS) is 1. The molecular formula is C16H16N2O4S2. The summed E-state index contributed by atoms with van der Waals surface area (Å²) in [4.78, 5) is 31.1. The highest BCUT2D eigenvalue weighted by Crippen LogP contribution is 2.44. The maximum absolute atomic E-state index is 12.4. The van der Waals surface area contributed by atoms with Crippen molar-refractivity contribution in [3.63, 3.8) is 0 Å². The summed E-state index contributed by atoms with van der Waals surface area (Å²) >= 11 is 2.76. The van der Waals surface area contributed by atoms with E-state index < -0.39 is 11.6 Å². The van der Waals surface area contributed by atoms with Gasteiger partial charge in [-0.25, -0.2) is 9.78 Å². The number of nitrogens with zero attached hydrogens (tertiary/aromatic N) is 2. The fourth-order valence-corrected chi connectivity index (χ4v) is 5.08. The van der Waals surface area contributed by atoms with Gasteiger partial charge in [0.15, 0.2) is 0 Å². The van der Waals surface area contributed by atoms with E-state index in [-0.39, 0.29) is 5.91 Å². The van der Waals surface area contributed by atoms with Crippen LogP contribution in [0, 0.1) is 0 Å². The minimum absolute atomic E-state index is 0.0429. The lowest BCUT2D eigenvalue weighted by atomic mass is 9.82. The van der Waals surface area contributed by atoms with Crippen LogP contribution < -0.4 is 0 Å². The number of carbonyl (C=O) groups is 2. The second-order valence-corrected chi connectivity index (χ2v) is 7.87. The zero-order valence-corrected chi connectivity index (χ0v) is 14.5. The molecule has 8 heteroatoms. The van der Waals surface area contributed by atoms with Crippen LogP contribution in [-0.2, 0) is 16.8 Å². The zero-order chi connectivity index (χ0) is 16.7. The Morgan fingerprint density at radius 2 is 2.12 bits per heavy atom. The van der Waals surface area contributed by atoms with Crippen molar-refractivity contribution in [3.05, 3.63) is 38.0 Å². The van der Waals surface area contributed by atoms with Crippen LogP contribution in [0.15, 0.2) is 17.0 Å². The molecule has 1 N–H and O–H groups in total. The number of aromatic carboxylic acids is 1. The number of amides is 1. The van der Waals surface area contributed by atoms with Crippen LogP contribution in [0.25, 0.3) is 0 Å². The number of hydrogen-bond donors (Lipinski definition) is 1. The number of thiophene rings is 1. The SMILES string of the molecule is O=C(O)c1cc2c(s1)CCOC21CCN(C(=O)c2cscn2)CC1. The summed E-state index contributed by atoms with van der Waals surface area (Å²) in [7, 11) is 0. The molecule has 1 fully saturated rings. The molecule has 2 aromatic rings. The standard InChI is InChI=1S/C16H16N2O4S2/c19-14(11-8-23-9-17-11)18-4-2-16(3-5-18)10-7-13(15(20)21)24-12(10)1-6-22-16/h7-9H,1-6H2,(H,20,21). The number of hydrogen-bond acceptors (Lipinski definition) is 6. The first-order valence-corrected chi connectivity index (χ1v) is 9.53. The summed E-state index contributed by atoms with van der Waals surface area (Å²) in [5.41, 5.74) is 2.71. The predicted molar refractivity (Wildman–Crippen MR) is 89.9 cm³/mol. The van der Waals surface area contributed by atoms with Crippen LogP contribution in [0.5, 0.6) is 0 Å². The summed E-state index contributed by atoms with van der Waals surface area (Å²) in [6.07, 6.45) is 2.13. The molecule has 1 saturated heterocycles. The second-order valence-electron chi connectivity index (χ2n) is 6.01. The molecule has 0 atom stereocenters. The lowest BCUT2D eigenvalue weighted by Gasteiger charge is -2.43. The monoisotopic (exact) mass is 364 g/mol. The van der Waals surface area contributed by atoms with Gasteiger partial charge in [0.2, 0.25) is 0 Å². The van der Waals surface area contributed by atoms with Crippen molar-refractivity contribution in [2.45, 2.75) is 24.9 Å². The molecular weight excluding hydrogens is 348 g/mol. The molecule has 0 unspecified atom stereocenters. The van der Waals surface area contributed by atoms with Crippen molar-refractivity contribution < 1.29 is 19.4 Å². The Labute approximate surface area is 146 Å². The molecule has 2 aliphatic heterocycles. The third-order valence-electron chi connectivity index (χ3n) is 4.73. The first-order chi connectivity index (χ1) is 11.6. The van der Waals surface area contributed by atoms with Crippen LogP contribution >= 0.6 is 22.7 Å². The average molecular weight is 364 g/mol. The third kappa shape index (κ3) is 2.54. The van der Waals surface area contributed by atoms with Gasteiger partial charge in [-0.2, -0.15) is 0 Å². The molecule has 0 bridgehead atoms. The quantitative estimate of drug-likeness (QED) is 0.886. The number of thiazole rings is 1. The van der Waals surface area contributed by atoms with Gasteiger partial charge in [-0.1, -0.05) is 0 Å². The lowest BCUT2D eigenvalue weighted by molar-refractivity contribution is -0.0926. The number of fused-ring (bicyclic) bond motifs is 2. The molecule has 0 saturated carbocycles.